The predicted molar refractivity (Wildman–Crippen MR) is 64.2 cm³/mol. The topological polar surface area (TPSA) is 37.3 Å². The van der Waals surface area contributed by atoms with Crippen LogP contribution in [0.5, 0.6) is 0 Å². The number of carboxylic acid groups (broad SMARTS) is 1. The van der Waals surface area contributed by atoms with Crippen molar-refractivity contribution in [1.82, 2.24) is 0 Å². The molecule has 2 unspecified atom stereocenters. The number of hydrogen-bond acceptors (Lipinski definition) is 1. The van der Waals surface area contributed by atoms with Crippen molar-refractivity contribution in [3.8, 4) is 0 Å². The van der Waals surface area contributed by atoms with E-state index < -0.39 is 5.97 Å². The largest absolute Gasteiger partial charge is 0.478 e. The summed E-state index contributed by atoms with van der Waals surface area (Å²) in [6.45, 7) is 3.93. The van der Waals surface area contributed by atoms with E-state index in [-0.39, 0.29) is 0 Å². The predicted octanol–water partition coefficient (Wildman–Crippen LogP) is 3.54. The zero-order valence-corrected chi connectivity index (χ0v) is 10.1. The molecular weight excluding hydrogens is 200 g/mol. The lowest BCUT2D eigenvalue weighted by Crippen LogP contribution is -2.25. The normalized spacial score (nSPS) is 32.8. The third kappa shape index (κ3) is 2.06. The molecule has 2 nitrogen and oxygen atoms in total. The molecule has 1 saturated carbocycles. The minimum atomic E-state index is -0.743. The first kappa shape index (κ1) is 11.4. The monoisotopic (exact) mass is 220 g/mol. The molecule has 2 aliphatic carbocycles. The molecule has 0 radical (unpaired) electrons. The second-order valence-corrected chi connectivity index (χ2v) is 5.19. The van der Waals surface area contributed by atoms with Gasteiger partial charge in [0.15, 0.2) is 0 Å². The van der Waals surface area contributed by atoms with Crippen LogP contribution in [-0.4, -0.2) is 11.1 Å². The van der Waals surface area contributed by atoms with Crippen LogP contribution in [0, 0.1) is 11.8 Å². The van der Waals surface area contributed by atoms with Crippen LogP contribution in [0.25, 0.3) is 0 Å². The van der Waals surface area contributed by atoms with E-state index in [0.29, 0.717) is 17.4 Å². The van der Waals surface area contributed by atoms with Gasteiger partial charge in [0.1, 0.15) is 0 Å². The van der Waals surface area contributed by atoms with Crippen LogP contribution in [-0.2, 0) is 4.79 Å². The lowest BCUT2D eigenvalue weighted by atomic mass is 9.69. The van der Waals surface area contributed by atoms with Crippen LogP contribution in [0.4, 0.5) is 0 Å². The van der Waals surface area contributed by atoms with E-state index in [1.54, 1.807) is 6.92 Å². The number of rotatable bonds is 1. The van der Waals surface area contributed by atoms with Gasteiger partial charge in [-0.05, 0) is 51.9 Å². The average molecular weight is 220 g/mol. The SMILES string of the molecule is CC1=CC2/C(=C(/C)C(=O)O)CCCC2CC1. The van der Waals surface area contributed by atoms with Gasteiger partial charge in [-0.3, -0.25) is 0 Å². The Morgan fingerprint density at radius 1 is 1.38 bits per heavy atom. The highest BCUT2D eigenvalue weighted by atomic mass is 16.4. The summed E-state index contributed by atoms with van der Waals surface area (Å²) in [6.07, 6.45) is 8.15. The smallest absolute Gasteiger partial charge is 0.331 e. The van der Waals surface area contributed by atoms with Crippen molar-refractivity contribution >= 4 is 5.97 Å². The Bertz CT molecular complexity index is 363. The van der Waals surface area contributed by atoms with Crippen LogP contribution < -0.4 is 0 Å². The van der Waals surface area contributed by atoms with E-state index in [1.807, 2.05) is 0 Å². The third-order valence-electron chi connectivity index (χ3n) is 4.11. The van der Waals surface area contributed by atoms with Crippen molar-refractivity contribution in [2.75, 3.05) is 0 Å². The van der Waals surface area contributed by atoms with Gasteiger partial charge in [0, 0.05) is 11.5 Å². The average Bonchev–Trinajstić information content (AvgIpc) is 2.27. The zero-order chi connectivity index (χ0) is 11.7. The van der Waals surface area contributed by atoms with Crippen molar-refractivity contribution in [2.45, 2.75) is 46.0 Å². The summed E-state index contributed by atoms with van der Waals surface area (Å²) in [5, 5.41) is 9.11. The number of aliphatic carboxylic acids is 1. The molecule has 2 rings (SSSR count). The highest BCUT2D eigenvalue weighted by molar-refractivity contribution is 5.87. The molecule has 0 aromatic rings. The fraction of sp³-hybridized carbons (Fsp3) is 0.643. The zero-order valence-electron chi connectivity index (χ0n) is 10.1. The highest BCUT2D eigenvalue weighted by Gasteiger charge is 2.31. The van der Waals surface area contributed by atoms with E-state index in [4.69, 9.17) is 5.11 Å². The lowest BCUT2D eigenvalue weighted by molar-refractivity contribution is -0.132. The number of carboxylic acids is 1. The maximum Gasteiger partial charge on any atom is 0.331 e. The number of fused-ring (bicyclic) bond motifs is 1. The van der Waals surface area contributed by atoms with Crippen LogP contribution in [0.3, 0.4) is 0 Å². The van der Waals surface area contributed by atoms with E-state index in [2.05, 4.69) is 13.0 Å². The highest BCUT2D eigenvalue weighted by Crippen LogP contribution is 2.43. The first-order chi connectivity index (χ1) is 7.59. The molecule has 0 heterocycles. The molecule has 0 saturated heterocycles. The van der Waals surface area contributed by atoms with Crippen LogP contribution in [0.2, 0.25) is 0 Å². The summed E-state index contributed by atoms with van der Waals surface area (Å²) in [4.78, 5) is 11.1. The minimum absolute atomic E-state index is 0.415. The van der Waals surface area contributed by atoms with Crippen molar-refractivity contribution in [3.05, 3.63) is 22.8 Å². The molecule has 2 atom stereocenters. The molecule has 0 bridgehead atoms. The van der Waals surface area contributed by atoms with Gasteiger partial charge < -0.3 is 5.11 Å². The van der Waals surface area contributed by atoms with Crippen LogP contribution in [0.1, 0.15) is 46.0 Å². The van der Waals surface area contributed by atoms with Crippen molar-refractivity contribution < 1.29 is 9.90 Å². The molecule has 2 aliphatic rings. The fourth-order valence-electron chi connectivity index (χ4n) is 3.12. The Labute approximate surface area is 97.0 Å². The Kier molecular flexibility index (Phi) is 3.17. The maximum atomic E-state index is 11.1. The van der Waals surface area contributed by atoms with E-state index in [1.165, 1.54) is 30.4 Å². The Morgan fingerprint density at radius 3 is 2.81 bits per heavy atom. The minimum Gasteiger partial charge on any atom is -0.478 e. The van der Waals surface area contributed by atoms with Gasteiger partial charge in [0.2, 0.25) is 0 Å². The molecular formula is C14H20O2. The van der Waals surface area contributed by atoms with Gasteiger partial charge in [-0.15, -0.1) is 0 Å². The van der Waals surface area contributed by atoms with Gasteiger partial charge in [-0.2, -0.15) is 0 Å². The molecule has 0 aliphatic heterocycles. The first-order valence-electron chi connectivity index (χ1n) is 6.20. The van der Waals surface area contributed by atoms with Gasteiger partial charge in [-0.25, -0.2) is 4.79 Å². The summed E-state index contributed by atoms with van der Waals surface area (Å²) in [6, 6.07) is 0. The summed E-state index contributed by atoms with van der Waals surface area (Å²) in [7, 11) is 0. The van der Waals surface area contributed by atoms with Crippen molar-refractivity contribution in [1.29, 1.82) is 0 Å². The molecule has 88 valence electrons. The standard InChI is InChI=1S/C14H20O2/c1-9-6-7-11-4-3-5-12(13(11)8-9)10(2)14(15)16/h8,11,13H,3-7H2,1-2H3,(H,15,16)/b12-10-. The lowest BCUT2D eigenvalue weighted by Gasteiger charge is -2.36. The fourth-order valence-corrected chi connectivity index (χ4v) is 3.12. The van der Waals surface area contributed by atoms with E-state index in [9.17, 15) is 4.79 Å². The van der Waals surface area contributed by atoms with E-state index >= 15 is 0 Å². The maximum absolute atomic E-state index is 11.1. The third-order valence-corrected chi connectivity index (χ3v) is 4.11. The summed E-state index contributed by atoms with van der Waals surface area (Å²) in [5.74, 6) is 0.368. The van der Waals surface area contributed by atoms with Gasteiger partial charge in [-0.1, -0.05) is 17.2 Å². The van der Waals surface area contributed by atoms with Gasteiger partial charge in [0.05, 0.1) is 0 Å². The summed E-state index contributed by atoms with van der Waals surface area (Å²) in [5.41, 5.74) is 3.20. The molecule has 1 N–H and O–H groups in total. The first-order valence-corrected chi connectivity index (χ1v) is 6.20. The molecule has 1 fully saturated rings. The summed E-state index contributed by atoms with van der Waals surface area (Å²) < 4.78 is 0. The van der Waals surface area contributed by atoms with Crippen LogP contribution in [0.15, 0.2) is 22.8 Å². The quantitative estimate of drug-likeness (QED) is 0.542. The van der Waals surface area contributed by atoms with Gasteiger partial charge >= 0.3 is 5.97 Å². The Balaban J connectivity index is 2.35. The van der Waals surface area contributed by atoms with Crippen molar-refractivity contribution in [3.63, 3.8) is 0 Å². The second kappa shape index (κ2) is 4.44. The van der Waals surface area contributed by atoms with Crippen LogP contribution >= 0.6 is 0 Å². The van der Waals surface area contributed by atoms with E-state index in [0.717, 1.165) is 12.8 Å². The molecule has 0 aromatic carbocycles. The summed E-state index contributed by atoms with van der Waals surface area (Å²) >= 11 is 0. The number of allylic oxidation sites excluding steroid dienone is 3. The van der Waals surface area contributed by atoms with Crippen molar-refractivity contribution in [2.24, 2.45) is 11.8 Å². The Hall–Kier alpha value is -1.05. The second-order valence-electron chi connectivity index (χ2n) is 5.19. The number of hydrogen-bond donors (Lipinski definition) is 1. The number of carbonyl (C=O) groups is 1. The molecule has 0 aromatic heterocycles. The Morgan fingerprint density at radius 2 is 2.12 bits per heavy atom. The molecule has 0 spiro atoms. The van der Waals surface area contributed by atoms with Gasteiger partial charge in [0.25, 0.3) is 0 Å². The molecule has 2 heteroatoms. The molecule has 16 heavy (non-hydrogen) atoms. The molecule has 0 amide bonds.